The van der Waals surface area contributed by atoms with Crippen molar-refractivity contribution in [3.05, 3.63) is 24.8 Å². The lowest BCUT2D eigenvalue weighted by molar-refractivity contribution is 0.110. The van der Waals surface area contributed by atoms with Crippen molar-refractivity contribution in [3.63, 3.8) is 0 Å². The fraction of sp³-hybridized carbons (Fsp3) is 0.500. The van der Waals surface area contributed by atoms with Gasteiger partial charge in [-0.15, -0.1) is 0 Å². The SMILES string of the molecule is OC[C@@H](c1cc(I)c(O)c(I)c1)N1CCNCC1. The van der Waals surface area contributed by atoms with Crippen LogP contribution in [0.5, 0.6) is 5.75 Å². The smallest absolute Gasteiger partial charge is 0.142 e. The standard InChI is InChI=1S/C12H16I2N2O2/c13-9-5-8(6-10(14)12(9)18)11(7-17)16-3-1-15-2-4-16/h5-6,11,15,17-18H,1-4,7H2/t11-/m0/s1. The Morgan fingerprint density at radius 3 is 2.28 bits per heavy atom. The van der Waals surface area contributed by atoms with Crippen LogP contribution in [0.4, 0.5) is 0 Å². The van der Waals surface area contributed by atoms with Gasteiger partial charge in [0.15, 0.2) is 0 Å². The quantitative estimate of drug-likeness (QED) is 0.583. The number of rotatable bonds is 3. The number of phenolic OH excluding ortho intramolecular Hbond substituents is 1. The van der Waals surface area contributed by atoms with Crippen LogP contribution >= 0.6 is 45.2 Å². The molecule has 0 amide bonds. The Balaban J connectivity index is 2.26. The molecule has 3 N–H and O–H groups in total. The number of phenols is 1. The number of piperazine rings is 1. The summed E-state index contributed by atoms with van der Waals surface area (Å²) in [4.78, 5) is 2.29. The predicted molar refractivity (Wildman–Crippen MR) is 87.8 cm³/mol. The van der Waals surface area contributed by atoms with E-state index in [0.29, 0.717) is 5.75 Å². The van der Waals surface area contributed by atoms with Crippen molar-refractivity contribution < 1.29 is 10.2 Å². The molecular weight excluding hydrogens is 458 g/mol. The van der Waals surface area contributed by atoms with Crippen molar-refractivity contribution in [2.75, 3.05) is 32.8 Å². The number of halogens is 2. The Morgan fingerprint density at radius 1 is 1.22 bits per heavy atom. The number of aliphatic hydroxyl groups is 1. The maximum absolute atomic E-state index is 9.79. The van der Waals surface area contributed by atoms with Crippen LogP contribution < -0.4 is 5.32 Å². The van der Waals surface area contributed by atoms with Gasteiger partial charge >= 0.3 is 0 Å². The van der Waals surface area contributed by atoms with Gasteiger partial charge in [0.2, 0.25) is 0 Å². The second-order valence-electron chi connectivity index (χ2n) is 4.32. The molecule has 0 bridgehead atoms. The molecular formula is C12H16I2N2O2. The Labute approximate surface area is 134 Å². The van der Waals surface area contributed by atoms with Gasteiger partial charge in [0.05, 0.1) is 19.8 Å². The van der Waals surface area contributed by atoms with E-state index in [1.165, 1.54) is 0 Å². The molecule has 1 atom stereocenters. The Morgan fingerprint density at radius 2 is 1.78 bits per heavy atom. The molecule has 1 aliphatic heterocycles. The molecule has 6 heteroatoms. The lowest BCUT2D eigenvalue weighted by Crippen LogP contribution is -2.46. The van der Waals surface area contributed by atoms with Gasteiger partial charge in [0, 0.05) is 26.2 Å². The molecule has 100 valence electrons. The summed E-state index contributed by atoms with van der Waals surface area (Å²) in [5.41, 5.74) is 1.08. The van der Waals surface area contributed by atoms with E-state index >= 15 is 0 Å². The second kappa shape index (κ2) is 6.69. The van der Waals surface area contributed by atoms with E-state index in [1.54, 1.807) is 0 Å². The molecule has 1 aromatic carbocycles. The molecule has 0 radical (unpaired) electrons. The van der Waals surface area contributed by atoms with E-state index in [-0.39, 0.29) is 12.6 Å². The Kier molecular flexibility index (Phi) is 5.48. The molecule has 1 heterocycles. The van der Waals surface area contributed by atoms with Crippen LogP contribution in [-0.4, -0.2) is 47.9 Å². The molecule has 0 aromatic heterocycles. The fourth-order valence-corrected chi connectivity index (χ4v) is 4.02. The minimum atomic E-state index is 0.0229. The van der Waals surface area contributed by atoms with E-state index in [0.717, 1.165) is 38.9 Å². The third-order valence-electron chi connectivity index (χ3n) is 3.19. The maximum Gasteiger partial charge on any atom is 0.142 e. The summed E-state index contributed by atoms with van der Waals surface area (Å²) >= 11 is 4.26. The summed E-state index contributed by atoms with van der Waals surface area (Å²) in [5, 5.41) is 22.8. The minimum Gasteiger partial charge on any atom is -0.506 e. The summed E-state index contributed by atoms with van der Waals surface area (Å²) in [6.45, 7) is 3.92. The highest BCUT2D eigenvalue weighted by molar-refractivity contribution is 14.1. The van der Waals surface area contributed by atoms with Crippen molar-refractivity contribution in [2.45, 2.75) is 6.04 Å². The Bertz CT molecular complexity index is 400. The van der Waals surface area contributed by atoms with E-state index < -0.39 is 0 Å². The monoisotopic (exact) mass is 474 g/mol. The van der Waals surface area contributed by atoms with Crippen LogP contribution in [0.2, 0.25) is 0 Å². The topological polar surface area (TPSA) is 55.7 Å². The molecule has 4 nitrogen and oxygen atoms in total. The summed E-state index contributed by atoms with van der Waals surface area (Å²) in [6, 6.07) is 3.94. The lowest BCUT2D eigenvalue weighted by atomic mass is 10.1. The lowest BCUT2D eigenvalue weighted by Gasteiger charge is -2.34. The zero-order valence-corrected chi connectivity index (χ0v) is 14.2. The van der Waals surface area contributed by atoms with Gasteiger partial charge in [0.1, 0.15) is 5.75 Å². The molecule has 1 aromatic rings. The van der Waals surface area contributed by atoms with Crippen molar-refractivity contribution in [2.24, 2.45) is 0 Å². The first-order chi connectivity index (χ1) is 8.63. The summed E-state index contributed by atoms with van der Waals surface area (Å²) < 4.78 is 1.67. The van der Waals surface area contributed by atoms with Crippen LogP contribution in [-0.2, 0) is 0 Å². The molecule has 2 rings (SSSR count). The molecule has 0 unspecified atom stereocenters. The van der Waals surface area contributed by atoms with Crippen molar-refractivity contribution >= 4 is 45.2 Å². The fourth-order valence-electron chi connectivity index (χ4n) is 2.20. The largest absolute Gasteiger partial charge is 0.506 e. The number of hydrogen-bond donors (Lipinski definition) is 3. The van der Waals surface area contributed by atoms with Crippen LogP contribution in [0.25, 0.3) is 0 Å². The predicted octanol–water partition coefficient (Wildman–Crippen LogP) is 1.54. The number of nitrogens with one attached hydrogen (secondary N) is 1. The number of aromatic hydroxyl groups is 1. The number of benzene rings is 1. The van der Waals surface area contributed by atoms with Gasteiger partial charge in [-0.05, 0) is 62.9 Å². The first kappa shape index (κ1) is 14.8. The second-order valence-corrected chi connectivity index (χ2v) is 6.64. The highest BCUT2D eigenvalue weighted by atomic mass is 127. The number of nitrogens with zero attached hydrogens (tertiary/aromatic N) is 1. The van der Waals surface area contributed by atoms with Crippen LogP contribution in [0.3, 0.4) is 0 Å². The van der Waals surface area contributed by atoms with E-state index in [2.05, 4.69) is 55.4 Å². The summed E-state index contributed by atoms with van der Waals surface area (Å²) in [7, 11) is 0. The third-order valence-corrected chi connectivity index (χ3v) is 4.83. The highest BCUT2D eigenvalue weighted by Crippen LogP contribution is 2.31. The number of hydrogen-bond acceptors (Lipinski definition) is 4. The summed E-state index contributed by atoms with van der Waals surface area (Å²) in [5.74, 6) is 0.331. The van der Waals surface area contributed by atoms with Gasteiger partial charge in [0.25, 0.3) is 0 Å². The first-order valence-corrected chi connectivity index (χ1v) is 8.02. The molecule has 1 fully saturated rings. The molecule has 1 aliphatic rings. The Hall–Kier alpha value is 0.360. The number of aliphatic hydroxyl groups excluding tert-OH is 1. The average Bonchev–Trinajstić information content (AvgIpc) is 2.38. The molecule has 0 saturated carbocycles. The van der Waals surface area contributed by atoms with Gasteiger partial charge in [-0.25, -0.2) is 0 Å². The third kappa shape index (κ3) is 3.27. The van der Waals surface area contributed by atoms with Crippen molar-refractivity contribution in [1.29, 1.82) is 0 Å². The molecule has 18 heavy (non-hydrogen) atoms. The van der Waals surface area contributed by atoms with Crippen molar-refractivity contribution in [3.8, 4) is 5.75 Å². The van der Waals surface area contributed by atoms with E-state index in [9.17, 15) is 10.2 Å². The highest BCUT2D eigenvalue weighted by Gasteiger charge is 2.22. The minimum absolute atomic E-state index is 0.0229. The zero-order valence-electron chi connectivity index (χ0n) is 9.87. The van der Waals surface area contributed by atoms with Crippen LogP contribution in [0.15, 0.2) is 12.1 Å². The normalized spacial score (nSPS) is 18.8. The summed E-state index contributed by atoms with van der Waals surface area (Å²) in [6.07, 6.45) is 0. The molecule has 1 saturated heterocycles. The van der Waals surface area contributed by atoms with Gasteiger partial charge < -0.3 is 15.5 Å². The molecule has 0 spiro atoms. The zero-order chi connectivity index (χ0) is 13.1. The van der Waals surface area contributed by atoms with E-state index in [1.807, 2.05) is 12.1 Å². The van der Waals surface area contributed by atoms with Crippen molar-refractivity contribution in [1.82, 2.24) is 10.2 Å². The maximum atomic E-state index is 9.79. The van der Waals surface area contributed by atoms with Gasteiger partial charge in [-0.1, -0.05) is 0 Å². The van der Waals surface area contributed by atoms with Crippen LogP contribution in [0, 0.1) is 7.14 Å². The average molecular weight is 474 g/mol. The van der Waals surface area contributed by atoms with Crippen LogP contribution in [0.1, 0.15) is 11.6 Å². The van der Waals surface area contributed by atoms with E-state index in [4.69, 9.17) is 0 Å². The van der Waals surface area contributed by atoms with Gasteiger partial charge in [-0.2, -0.15) is 0 Å². The molecule has 0 aliphatic carbocycles. The van der Waals surface area contributed by atoms with Gasteiger partial charge in [-0.3, -0.25) is 4.90 Å². The first-order valence-electron chi connectivity index (χ1n) is 5.87.